The second-order valence-corrected chi connectivity index (χ2v) is 3.68. The van der Waals surface area contributed by atoms with Crippen LogP contribution in [0.25, 0.3) is 0 Å². The molecule has 0 saturated carbocycles. The number of hydrogen-bond acceptors (Lipinski definition) is 2. The predicted molar refractivity (Wildman–Crippen MR) is 55.5 cm³/mol. The summed E-state index contributed by atoms with van der Waals surface area (Å²) in [7, 11) is 0. The summed E-state index contributed by atoms with van der Waals surface area (Å²) < 4.78 is 0. The third-order valence-electron chi connectivity index (χ3n) is 1.79. The average molecular weight is 175 g/mol. The van der Waals surface area contributed by atoms with Crippen LogP contribution < -0.4 is 5.32 Å². The van der Waals surface area contributed by atoms with E-state index in [1.54, 1.807) is 0 Å². The molecule has 0 aromatic carbocycles. The zero-order valence-electron chi connectivity index (χ0n) is 7.77. The minimum Gasteiger partial charge on any atom is -0.317 e. The van der Waals surface area contributed by atoms with Crippen molar-refractivity contribution in [3.63, 3.8) is 0 Å². The minimum atomic E-state index is 0.610. The molecule has 0 amide bonds. The van der Waals surface area contributed by atoms with Crippen molar-refractivity contribution in [3.8, 4) is 0 Å². The van der Waals surface area contributed by atoms with Crippen LogP contribution >= 0.6 is 12.6 Å². The van der Waals surface area contributed by atoms with Crippen LogP contribution in [0.1, 0.15) is 39.5 Å². The average Bonchev–Trinajstić information content (AvgIpc) is 2.04. The highest BCUT2D eigenvalue weighted by Gasteiger charge is 1.97. The van der Waals surface area contributed by atoms with Gasteiger partial charge in [-0.3, -0.25) is 0 Å². The Balaban J connectivity index is 2.89. The summed E-state index contributed by atoms with van der Waals surface area (Å²) in [5.74, 6) is 0. The van der Waals surface area contributed by atoms with E-state index >= 15 is 0 Å². The third kappa shape index (κ3) is 8.21. The largest absolute Gasteiger partial charge is 0.317 e. The molecular formula is C9H21NS. The lowest BCUT2D eigenvalue weighted by Gasteiger charge is -2.07. The van der Waals surface area contributed by atoms with Crippen LogP contribution in [0.3, 0.4) is 0 Å². The van der Waals surface area contributed by atoms with Gasteiger partial charge in [0.25, 0.3) is 0 Å². The van der Waals surface area contributed by atoms with Gasteiger partial charge in [-0.2, -0.15) is 12.6 Å². The van der Waals surface area contributed by atoms with Gasteiger partial charge in [0.05, 0.1) is 0 Å². The fourth-order valence-electron chi connectivity index (χ4n) is 0.969. The molecule has 0 aliphatic heterocycles. The molecule has 1 atom stereocenters. The molecule has 0 saturated heterocycles. The van der Waals surface area contributed by atoms with Gasteiger partial charge >= 0.3 is 0 Å². The Morgan fingerprint density at radius 1 is 1.27 bits per heavy atom. The van der Waals surface area contributed by atoms with Crippen LogP contribution in [0.5, 0.6) is 0 Å². The Hall–Kier alpha value is 0.310. The fraction of sp³-hybridized carbons (Fsp3) is 1.00. The molecule has 0 aromatic heterocycles. The van der Waals surface area contributed by atoms with E-state index in [4.69, 9.17) is 0 Å². The SMILES string of the molecule is CCCNCCCC(S)CC. The lowest BCUT2D eigenvalue weighted by Crippen LogP contribution is -2.16. The number of rotatable bonds is 7. The Labute approximate surface area is 76.4 Å². The zero-order chi connectivity index (χ0) is 8.53. The monoisotopic (exact) mass is 175 g/mol. The van der Waals surface area contributed by atoms with Crippen molar-refractivity contribution < 1.29 is 0 Å². The van der Waals surface area contributed by atoms with Crippen LogP contribution in [-0.2, 0) is 0 Å². The van der Waals surface area contributed by atoms with Crippen LogP contribution in [0.4, 0.5) is 0 Å². The first kappa shape index (κ1) is 11.3. The minimum absolute atomic E-state index is 0.610. The highest BCUT2D eigenvalue weighted by molar-refractivity contribution is 7.80. The highest BCUT2D eigenvalue weighted by atomic mass is 32.1. The number of nitrogens with one attached hydrogen (secondary N) is 1. The summed E-state index contributed by atoms with van der Waals surface area (Å²) in [5.41, 5.74) is 0. The van der Waals surface area contributed by atoms with Gasteiger partial charge in [0.15, 0.2) is 0 Å². The number of thiol groups is 1. The Kier molecular flexibility index (Phi) is 8.64. The van der Waals surface area contributed by atoms with E-state index < -0.39 is 0 Å². The summed E-state index contributed by atoms with van der Waals surface area (Å²) in [4.78, 5) is 0. The van der Waals surface area contributed by atoms with Crippen LogP contribution in [0.15, 0.2) is 0 Å². The second kappa shape index (κ2) is 8.41. The topological polar surface area (TPSA) is 12.0 Å². The normalized spacial score (nSPS) is 13.4. The molecule has 1 nitrogen and oxygen atoms in total. The van der Waals surface area contributed by atoms with Crippen molar-refractivity contribution in [1.82, 2.24) is 5.32 Å². The standard InChI is InChI=1S/C9H21NS/c1-3-7-10-8-5-6-9(11)4-2/h9-11H,3-8H2,1-2H3. The summed E-state index contributed by atoms with van der Waals surface area (Å²) in [6.45, 7) is 6.70. The van der Waals surface area contributed by atoms with Gasteiger partial charge in [-0.25, -0.2) is 0 Å². The molecule has 0 fully saturated rings. The third-order valence-corrected chi connectivity index (χ3v) is 2.41. The maximum absolute atomic E-state index is 4.43. The first-order chi connectivity index (χ1) is 5.31. The van der Waals surface area contributed by atoms with Gasteiger partial charge < -0.3 is 5.32 Å². The molecule has 1 unspecified atom stereocenters. The second-order valence-electron chi connectivity index (χ2n) is 2.95. The molecule has 0 spiro atoms. The number of hydrogen-bond donors (Lipinski definition) is 2. The van der Waals surface area contributed by atoms with Crippen molar-refractivity contribution >= 4 is 12.6 Å². The summed E-state index contributed by atoms with van der Waals surface area (Å²) >= 11 is 4.43. The van der Waals surface area contributed by atoms with Crippen LogP contribution in [0.2, 0.25) is 0 Å². The van der Waals surface area contributed by atoms with Gasteiger partial charge in [-0.15, -0.1) is 0 Å². The molecule has 68 valence electrons. The zero-order valence-corrected chi connectivity index (χ0v) is 8.66. The van der Waals surface area contributed by atoms with Crippen molar-refractivity contribution in [1.29, 1.82) is 0 Å². The van der Waals surface area contributed by atoms with Gasteiger partial charge in [-0.1, -0.05) is 13.8 Å². The van der Waals surface area contributed by atoms with Gasteiger partial charge in [0.2, 0.25) is 0 Å². The molecule has 0 rings (SSSR count). The summed E-state index contributed by atoms with van der Waals surface area (Å²) in [5, 5.41) is 3.99. The summed E-state index contributed by atoms with van der Waals surface area (Å²) in [6, 6.07) is 0. The molecule has 11 heavy (non-hydrogen) atoms. The fourth-order valence-corrected chi connectivity index (χ4v) is 1.15. The van der Waals surface area contributed by atoms with E-state index in [2.05, 4.69) is 31.8 Å². The van der Waals surface area contributed by atoms with E-state index in [1.807, 2.05) is 0 Å². The Morgan fingerprint density at radius 2 is 2.00 bits per heavy atom. The molecule has 0 radical (unpaired) electrons. The van der Waals surface area contributed by atoms with Gasteiger partial charge in [-0.05, 0) is 38.8 Å². The van der Waals surface area contributed by atoms with Crippen molar-refractivity contribution in [2.24, 2.45) is 0 Å². The molecule has 2 heteroatoms. The molecule has 1 N–H and O–H groups in total. The van der Waals surface area contributed by atoms with E-state index in [-0.39, 0.29) is 0 Å². The van der Waals surface area contributed by atoms with Crippen molar-refractivity contribution in [3.05, 3.63) is 0 Å². The first-order valence-electron chi connectivity index (χ1n) is 4.70. The molecule has 0 aliphatic rings. The van der Waals surface area contributed by atoms with Gasteiger partial charge in [0, 0.05) is 5.25 Å². The lowest BCUT2D eigenvalue weighted by atomic mass is 10.2. The smallest absolute Gasteiger partial charge is 0.00146 e. The van der Waals surface area contributed by atoms with E-state index in [0.717, 1.165) is 13.1 Å². The van der Waals surface area contributed by atoms with Crippen LogP contribution in [0, 0.1) is 0 Å². The molecule has 0 heterocycles. The van der Waals surface area contributed by atoms with Crippen LogP contribution in [-0.4, -0.2) is 18.3 Å². The molecule has 0 bridgehead atoms. The lowest BCUT2D eigenvalue weighted by molar-refractivity contribution is 0.602. The summed E-state index contributed by atoms with van der Waals surface area (Å²) in [6.07, 6.45) is 4.94. The first-order valence-corrected chi connectivity index (χ1v) is 5.21. The maximum atomic E-state index is 4.43. The van der Waals surface area contributed by atoms with E-state index in [1.165, 1.54) is 25.7 Å². The van der Waals surface area contributed by atoms with Crippen molar-refractivity contribution in [2.45, 2.75) is 44.8 Å². The molecular weight excluding hydrogens is 154 g/mol. The van der Waals surface area contributed by atoms with E-state index in [0.29, 0.717) is 5.25 Å². The predicted octanol–water partition coefficient (Wildman–Crippen LogP) is 2.47. The Bertz CT molecular complexity index is 76.0. The molecule has 0 aliphatic carbocycles. The highest BCUT2D eigenvalue weighted by Crippen LogP contribution is 2.07. The van der Waals surface area contributed by atoms with E-state index in [9.17, 15) is 0 Å². The van der Waals surface area contributed by atoms with Gasteiger partial charge in [0.1, 0.15) is 0 Å². The molecule has 0 aromatic rings. The maximum Gasteiger partial charge on any atom is 0.00146 e. The Morgan fingerprint density at radius 3 is 2.55 bits per heavy atom. The quantitative estimate of drug-likeness (QED) is 0.447. The van der Waals surface area contributed by atoms with Crippen molar-refractivity contribution in [2.75, 3.05) is 13.1 Å².